The molecule has 1 heterocycles. The standard InChI is InChI=1S/C28H46N8O9S/c1-4-5-16-44-28(40)34-19(2)11-15-36(46(41,42)20(3)35-26(30)39)23(29)18-24(37)45-25(38)21-7-9-22(10-8-21)43-17-14-33-27-31-12-6-13-32-27/h7-10,19-20,23H,4-6,11-18,29H2,1-3H3,(H,34,40)(H3,30,35,39)(H2,31,32,33)/t19?,20?,23-/m0/s1. The molecule has 1 aromatic rings. The first kappa shape index (κ1) is 38.0. The van der Waals surface area contributed by atoms with Gasteiger partial charge in [0.1, 0.15) is 17.7 Å². The Balaban J connectivity index is 1.95. The third-order valence-corrected chi connectivity index (χ3v) is 8.72. The number of nitrogens with one attached hydrogen (secondary N) is 4. The zero-order chi connectivity index (χ0) is 34.1. The molecule has 0 aliphatic carbocycles. The lowest BCUT2D eigenvalue weighted by atomic mass is 10.2. The van der Waals surface area contributed by atoms with Gasteiger partial charge in [-0.1, -0.05) is 13.3 Å². The number of esters is 2. The highest BCUT2D eigenvalue weighted by Gasteiger charge is 2.35. The van der Waals surface area contributed by atoms with Crippen LogP contribution in [0, 0.1) is 0 Å². The minimum atomic E-state index is -4.35. The fraction of sp³-hybridized carbons (Fsp3) is 0.607. The van der Waals surface area contributed by atoms with Gasteiger partial charge in [0.25, 0.3) is 0 Å². The lowest BCUT2D eigenvalue weighted by molar-refractivity contribution is -0.138. The Morgan fingerprint density at radius 3 is 2.46 bits per heavy atom. The van der Waals surface area contributed by atoms with Crippen molar-refractivity contribution in [3.63, 3.8) is 0 Å². The molecule has 1 aliphatic rings. The van der Waals surface area contributed by atoms with Crippen LogP contribution < -0.4 is 37.5 Å². The number of nitrogens with zero attached hydrogens (tertiary/aromatic N) is 2. The molecule has 3 amide bonds. The normalized spacial score (nSPS) is 14.9. The molecule has 2 unspecified atom stereocenters. The van der Waals surface area contributed by atoms with Crippen molar-refractivity contribution >= 4 is 40.0 Å². The average molecular weight is 671 g/mol. The Morgan fingerprint density at radius 1 is 1.11 bits per heavy atom. The van der Waals surface area contributed by atoms with E-state index >= 15 is 0 Å². The summed E-state index contributed by atoms with van der Waals surface area (Å²) in [5, 5.41) is 9.44. The van der Waals surface area contributed by atoms with Gasteiger partial charge in [-0.2, -0.15) is 4.31 Å². The number of carbonyl (C=O) groups is 4. The van der Waals surface area contributed by atoms with Crippen LogP contribution in [0.4, 0.5) is 9.59 Å². The smallest absolute Gasteiger partial charge is 0.407 e. The number of hydrogen-bond acceptors (Lipinski definition) is 13. The van der Waals surface area contributed by atoms with Gasteiger partial charge < -0.3 is 46.9 Å². The van der Waals surface area contributed by atoms with Crippen LogP contribution in [0.15, 0.2) is 29.3 Å². The summed E-state index contributed by atoms with van der Waals surface area (Å²) in [5.74, 6) is -0.835. The maximum Gasteiger partial charge on any atom is 0.407 e. The van der Waals surface area contributed by atoms with Crippen LogP contribution >= 0.6 is 0 Å². The topological polar surface area (TPSA) is 246 Å². The van der Waals surface area contributed by atoms with Crippen molar-refractivity contribution in [2.24, 2.45) is 16.5 Å². The van der Waals surface area contributed by atoms with Crippen molar-refractivity contribution in [1.29, 1.82) is 0 Å². The van der Waals surface area contributed by atoms with E-state index in [1.54, 1.807) is 19.1 Å². The number of carbonyl (C=O) groups excluding carboxylic acids is 4. The van der Waals surface area contributed by atoms with Gasteiger partial charge in [0.2, 0.25) is 10.0 Å². The van der Waals surface area contributed by atoms with E-state index in [2.05, 4.69) is 26.3 Å². The highest BCUT2D eigenvalue weighted by Crippen LogP contribution is 2.16. The maximum atomic E-state index is 13.3. The fourth-order valence-electron chi connectivity index (χ4n) is 4.06. The lowest BCUT2D eigenvalue weighted by Crippen LogP contribution is -2.55. The molecule has 46 heavy (non-hydrogen) atoms. The monoisotopic (exact) mass is 670 g/mol. The van der Waals surface area contributed by atoms with Crippen LogP contribution in [-0.4, -0.2) is 99.7 Å². The molecule has 8 N–H and O–H groups in total. The second-order valence-electron chi connectivity index (χ2n) is 10.5. The SMILES string of the molecule is CCCCOC(=O)NC(C)CCN([C@H](N)CC(=O)OC(=O)c1ccc(OCCNC2=NCCCN2)cc1)S(=O)(=O)C(C)NC(N)=O. The lowest BCUT2D eigenvalue weighted by Gasteiger charge is -2.31. The summed E-state index contributed by atoms with van der Waals surface area (Å²) in [7, 11) is -4.35. The first-order valence-corrected chi connectivity index (χ1v) is 16.6. The molecular weight excluding hydrogens is 624 g/mol. The molecule has 0 radical (unpaired) electrons. The minimum absolute atomic E-state index is 0.0580. The van der Waals surface area contributed by atoms with Gasteiger partial charge in [-0.05, 0) is 57.4 Å². The van der Waals surface area contributed by atoms with Gasteiger partial charge in [-0.15, -0.1) is 0 Å². The van der Waals surface area contributed by atoms with E-state index < -0.39 is 58.1 Å². The van der Waals surface area contributed by atoms with Gasteiger partial charge in [0.05, 0.1) is 31.3 Å². The summed E-state index contributed by atoms with van der Waals surface area (Å²) in [5.41, 5.74) is 11.3. The van der Waals surface area contributed by atoms with Crippen molar-refractivity contribution < 1.29 is 41.8 Å². The molecule has 258 valence electrons. The van der Waals surface area contributed by atoms with Gasteiger partial charge in [0.15, 0.2) is 5.96 Å². The first-order chi connectivity index (χ1) is 21.8. The number of guanidine groups is 1. The zero-order valence-corrected chi connectivity index (χ0v) is 27.3. The van der Waals surface area contributed by atoms with Crippen LogP contribution in [0.2, 0.25) is 0 Å². The van der Waals surface area contributed by atoms with E-state index in [0.717, 1.165) is 36.2 Å². The zero-order valence-electron chi connectivity index (χ0n) is 26.5. The minimum Gasteiger partial charge on any atom is -0.492 e. The molecule has 0 saturated carbocycles. The first-order valence-electron chi connectivity index (χ1n) is 15.1. The number of ether oxygens (including phenoxy) is 3. The third kappa shape index (κ3) is 13.5. The van der Waals surface area contributed by atoms with Crippen molar-refractivity contribution in [3.8, 4) is 5.75 Å². The predicted molar refractivity (Wildman–Crippen MR) is 169 cm³/mol. The molecule has 3 atom stereocenters. The van der Waals surface area contributed by atoms with Crippen LogP contribution in [0.5, 0.6) is 5.75 Å². The van der Waals surface area contributed by atoms with Crippen molar-refractivity contribution in [2.45, 2.75) is 70.5 Å². The molecule has 1 aliphatic heterocycles. The summed E-state index contributed by atoms with van der Waals surface area (Å²) in [6, 6.07) is 4.29. The maximum absolute atomic E-state index is 13.3. The number of sulfonamides is 1. The summed E-state index contributed by atoms with van der Waals surface area (Å²) >= 11 is 0. The number of rotatable bonds is 18. The van der Waals surface area contributed by atoms with E-state index in [1.807, 2.05) is 6.92 Å². The average Bonchev–Trinajstić information content (AvgIpc) is 2.99. The number of unbranched alkanes of at least 4 members (excludes halogenated alkanes) is 1. The number of nitrogens with two attached hydrogens (primary N) is 2. The van der Waals surface area contributed by atoms with Gasteiger partial charge >= 0.3 is 24.1 Å². The van der Waals surface area contributed by atoms with E-state index in [0.29, 0.717) is 25.3 Å². The predicted octanol–water partition coefficient (Wildman–Crippen LogP) is 0.314. The molecule has 0 bridgehead atoms. The summed E-state index contributed by atoms with van der Waals surface area (Å²) in [6.07, 6.45) is -0.239. The van der Waals surface area contributed by atoms with Gasteiger partial charge in [0, 0.05) is 25.7 Å². The Morgan fingerprint density at radius 2 is 1.83 bits per heavy atom. The highest BCUT2D eigenvalue weighted by atomic mass is 32.2. The Kier molecular flexibility index (Phi) is 16.0. The molecule has 0 fully saturated rings. The van der Waals surface area contributed by atoms with Crippen molar-refractivity contribution in [3.05, 3.63) is 29.8 Å². The number of primary amides is 1. The van der Waals surface area contributed by atoms with E-state index in [9.17, 15) is 27.6 Å². The molecule has 0 spiro atoms. The number of benzene rings is 1. The largest absolute Gasteiger partial charge is 0.492 e. The number of urea groups is 1. The summed E-state index contributed by atoms with van der Waals surface area (Å²) in [6.45, 7) is 7.22. The second-order valence-corrected chi connectivity index (χ2v) is 12.7. The number of aliphatic imine (C=N–C) groups is 1. The van der Waals surface area contributed by atoms with Gasteiger partial charge in [-0.25, -0.2) is 22.8 Å². The molecule has 0 aromatic heterocycles. The van der Waals surface area contributed by atoms with Crippen LogP contribution in [0.25, 0.3) is 0 Å². The Bertz CT molecular complexity index is 1290. The summed E-state index contributed by atoms with van der Waals surface area (Å²) in [4.78, 5) is 52.8. The third-order valence-electron chi connectivity index (χ3n) is 6.60. The number of hydrogen-bond donors (Lipinski definition) is 6. The fourth-order valence-corrected chi connectivity index (χ4v) is 5.54. The molecular formula is C28H46N8O9S. The number of alkyl carbamates (subject to hydrolysis) is 1. The van der Waals surface area contributed by atoms with Crippen LogP contribution in [0.3, 0.4) is 0 Å². The molecule has 0 saturated heterocycles. The molecule has 17 nitrogen and oxygen atoms in total. The van der Waals surface area contributed by atoms with Crippen LogP contribution in [-0.2, 0) is 24.3 Å². The Hall–Kier alpha value is -4.16. The highest BCUT2D eigenvalue weighted by molar-refractivity contribution is 7.89. The van der Waals surface area contributed by atoms with E-state index in [-0.39, 0.29) is 25.1 Å². The molecule has 1 aromatic carbocycles. The van der Waals surface area contributed by atoms with E-state index in [1.165, 1.54) is 19.1 Å². The molecule has 2 rings (SSSR count). The van der Waals surface area contributed by atoms with Gasteiger partial charge in [-0.3, -0.25) is 9.79 Å². The molecule has 18 heteroatoms. The van der Waals surface area contributed by atoms with Crippen molar-refractivity contribution in [1.82, 2.24) is 25.6 Å². The van der Waals surface area contributed by atoms with Crippen molar-refractivity contribution in [2.75, 3.05) is 39.4 Å². The Labute approximate surface area is 269 Å². The second kappa shape index (κ2) is 19.4. The van der Waals surface area contributed by atoms with Crippen LogP contribution in [0.1, 0.15) is 63.2 Å². The quantitative estimate of drug-likeness (QED) is 0.0535. The van der Waals surface area contributed by atoms with E-state index in [4.69, 9.17) is 25.7 Å². The summed E-state index contributed by atoms with van der Waals surface area (Å²) < 4.78 is 42.9. The number of amides is 3.